The Labute approximate surface area is 117 Å². The first-order valence-corrected chi connectivity index (χ1v) is 6.73. The zero-order valence-electron chi connectivity index (χ0n) is 11.9. The van der Waals surface area contributed by atoms with Gasteiger partial charge in [0.25, 0.3) is 0 Å². The van der Waals surface area contributed by atoms with Crippen LogP contribution in [0.5, 0.6) is 0 Å². The fraction of sp³-hybridized carbons (Fsp3) is 0.357. The van der Waals surface area contributed by atoms with Crippen molar-refractivity contribution in [3.05, 3.63) is 41.9 Å². The molecular weight excluding hydrogens is 252 g/mol. The minimum absolute atomic E-state index is 0.372. The van der Waals surface area contributed by atoms with Gasteiger partial charge in [0.15, 0.2) is 5.65 Å². The quantitative estimate of drug-likeness (QED) is 0.791. The lowest BCUT2D eigenvalue weighted by Gasteiger charge is -2.04. The molecule has 6 heteroatoms. The largest absolute Gasteiger partial charge is 0.350 e. The van der Waals surface area contributed by atoms with Gasteiger partial charge in [0.05, 0.1) is 5.69 Å². The van der Waals surface area contributed by atoms with E-state index in [1.165, 1.54) is 5.56 Å². The van der Waals surface area contributed by atoms with Gasteiger partial charge in [-0.25, -0.2) is 0 Å². The molecule has 0 saturated heterocycles. The zero-order chi connectivity index (χ0) is 14.1. The number of anilines is 1. The topological polar surface area (TPSA) is 60.0 Å². The molecule has 0 aliphatic heterocycles. The Kier molecular flexibility index (Phi) is 3.14. The monoisotopic (exact) mass is 270 g/mol. The van der Waals surface area contributed by atoms with E-state index in [1.54, 1.807) is 0 Å². The second kappa shape index (κ2) is 4.96. The van der Waals surface area contributed by atoms with Crippen LogP contribution in [0.1, 0.15) is 31.1 Å². The average Bonchev–Trinajstić information content (AvgIpc) is 3.00. The summed E-state index contributed by atoms with van der Waals surface area (Å²) in [6.07, 6.45) is 4.03. The van der Waals surface area contributed by atoms with Crippen molar-refractivity contribution < 1.29 is 0 Å². The van der Waals surface area contributed by atoms with Crippen molar-refractivity contribution in [2.45, 2.75) is 33.4 Å². The fourth-order valence-corrected chi connectivity index (χ4v) is 2.09. The number of hydrogen-bond acceptors (Lipinski definition) is 4. The van der Waals surface area contributed by atoms with Gasteiger partial charge in [-0.05, 0) is 32.9 Å². The molecular formula is C14H18N6. The van der Waals surface area contributed by atoms with Crippen molar-refractivity contribution in [2.24, 2.45) is 0 Å². The van der Waals surface area contributed by atoms with Crippen LogP contribution in [0, 0.1) is 6.92 Å². The van der Waals surface area contributed by atoms with Crippen LogP contribution < -0.4 is 5.32 Å². The zero-order valence-corrected chi connectivity index (χ0v) is 11.9. The van der Waals surface area contributed by atoms with E-state index in [4.69, 9.17) is 0 Å². The molecule has 0 spiro atoms. The summed E-state index contributed by atoms with van der Waals surface area (Å²) < 4.78 is 3.91. The molecule has 6 nitrogen and oxygen atoms in total. The summed E-state index contributed by atoms with van der Waals surface area (Å²) in [6.45, 7) is 6.96. The Morgan fingerprint density at radius 1 is 1.25 bits per heavy atom. The highest BCUT2D eigenvalue weighted by Crippen LogP contribution is 2.13. The van der Waals surface area contributed by atoms with Crippen molar-refractivity contribution in [3.63, 3.8) is 0 Å². The molecule has 0 fully saturated rings. The second-order valence-corrected chi connectivity index (χ2v) is 5.12. The highest BCUT2D eigenvalue weighted by atomic mass is 15.3. The van der Waals surface area contributed by atoms with E-state index in [2.05, 4.69) is 40.7 Å². The van der Waals surface area contributed by atoms with Crippen LogP contribution in [-0.4, -0.2) is 24.4 Å². The smallest absolute Gasteiger partial charge is 0.229 e. The third-order valence-electron chi connectivity index (χ3n) is 3.30. The third kappa shape index (κ3) is 2.24. The van der Waals surface area contributed by atoms with Gasteiger partial charge >= 0.3 is 0 Å². The number of fused-ring (bicyclic) bond motifs is 1. The Morgan fingerprint density at radius 3 is 2.85 bits per heavy atom. The molecule has 0 aliphatic carbocycles. The Bertz CT molecular complexity index is 724. The Balaban J connectivity index is 1.79. The lowest BCUT2D eigenvalue weighted by Crippen LogP contribution is -2.04. The molecule has 3 rings (SSSR count). The van der Waals surface area contributed by atoms with Gasteiger partial charge in [-0.15, -0.1) is 10.2 Å². The highest BCUT2D eigenvalue weighted by Gasteiger charge is 2.09. The van der Waals surface area contributed by atoms with E-state index in [0.717, 1.165) is 17.3 Å². The van der Waals surface area contributed by atoms with Crippen molar-refractivity contribution in [2.75, 3.05) is 5.32 Å². The van der Waals surface area contributed by atoms with Crippen LogP contribution in [0.25, 0.3) is 5.65 Å². The first-order valence-electron chi connectivity index (χ1n) is 6.73. The predicted octanol–water partition coefficient (Wildman–Crippen LogP) is 2.43. The van der Waals surface area contributed by atoms with E-state index < -0.39 is 0 Å². The molecule has 0 amide bonds. The number of aryl methyl sites for hydroxylation is 1. The van der Waals surface area contributed by atoms with Crippen LogP contribution in [0.4, 0.5) is 5.95 Å². The van der Waals surface area contributed by atoms with E-state index in [9.17, 15) is 0 Å². The molecule has 0 radical (unpaired) electrons. The Hall–Kier alpha value is -2.37. The van der Waals surface area contributed by atoms with Gasteiger partial charge in [-0.1, -0.05) is 6.07 Å². The minimum Gasteiger partial charge on any atom is -0.350 e. The lowest BCUT2D eigenvalue weighted by molar-refractivity contribution is 0.529. The molecule has 0 bridgehead atoms. The van der Waals surface area contributed by atoms with Gasteiger partial charge in [0.1, 0.15) is 0 Å². The maximum atomic E-state index is 4.51. The normalized spacial score (nSPS) is 11.4. The van der Waals surface area contributed by atoms with E-state index >= 15 is 0 Å². The number of nitrogens with zero attached hydrogens (tertiary/aromatic N) is 5. The van der Waals surface area contributed by atoms with E-state index in [1.807, 2.05) is 40.4 Å². The van der Waals surface area contributed by atoms with E-state index in [0.29, 0.717) is 12.6 Å². The number of aromatic nitrogens is 5. The fourth-order valence-electron chi connectivity index (χ4n) is 2.09. The maximum Gasteiger partial charge on any atom is 0.229 e. The minimum atomic E-state index is 0.372. The van der Waals surface area contributed by atoms with Gasteiger partial charge in [0, 0.05) is 30.5 Å². The molecule has 0 atom stereocenters. The lowest BCUT2D eigenvalue weighted by atomic mass is 10.2. The number of hydrogen-bond donors (Lipinski definition) is 1. The van der Waals surface area contributed by atoms with Crippen LogP contribution >= 0.6 is 0 Å². The standard InChI is InChI=1S/C14H18N6/c1-10(2)20-9-12(11(3)18-20)8-15-14-17-16-13-6-4-5-7-19(13)14/h4-7,9-10H,8H2,1-3H3,(H,15,17). The van der Waals surface area contributed by atoms with Gasteiger partial charge < -0.3 is 5.32 Å². The van der Waals surface area contributed by atoms with Crippen LogP contribution in [0.15, 0.2) is 30.6 Å². The molecule has 3 heterocycles. The summed E-state index contributed by atoms with van der Waals surface area (Å²) >= 11 is 0. The summed E-state index contributed by atoms with van der Waals surface area (Å²) in [6, 6.07) is 6.21. The Morgan fingerprint density at radius 2 is 2.10 bits per heavy atom. The number of nitrogens with one attached hydrogen (secondary N) is 1. The number of rotatable bonds is 4. The van der Waals surface area contributed by atoms with E-state index in [-0.39, 0.29) is 0 Å². The maximum absolute atomic E-state index is 4.51. The average molecular weight is 270 g/mol. The third-order valence-corrected chi connectivity index (χ3v) is 3.30. The number of pyridine rings is 1. The highest BCUT2D eigenvalue weighted by molar-refractivity contribution is 5.45. The summed E-state index contributed by atoms with van der Waals surface area (Å²) in [5, 5.41) is 16.1. The molecule has 20 heavy (non-hydrogen) atoms. The van der Waals surface area contributed by atoms with Gasteiger partial charge in [-0.3, -0.25) is 9.08 Å². The van der Waals surface area contributed by atoms with Crippen LogP contribution in [0.2, 0.25) is 0 Å². The van der Waals surface area contributed by atoms with Crippen molar-refractivity contribution in [1.82, 2.24) is 24.4 Å². The van der Waals surface area contributed by atoms with Crippen molar-refractivity contribution in [1.29, 1.82) is 0 Å². The van der Waals surface area contributed by atoms with Crippen LogP contribution in [-0.2, 0) is 6.54 Å². The van der Waals surface area contributed by atoms with Crippen molar-refractivity contribution >= 4 is 11.6 Å². The van der Waals surface area contributed by atoms with Crippen LogP contribution in [0.3, 0.4) is 0 Å². The summed E-state index contributed by atoms with van der Waals surface area (Å²) in [4.78, 5) is 0. The predicted molar refractivity (Wildman–Crippen MR) is 77.7 cm³/mol. The SMILES string of the molecule is Cc1nn(C(C)C)cc1CNc1nnc2ccccn12. The first kappa shape index (κ1) is 12.7. The molecule has 0 aliphatic rings. The molecule has 3 aromatic heterocycles. The molecule has 0 saturated carbocycles. The molecule has 1 N–H and O–H groups in total. The molecule has 0 unspecified atom stereocenters. The van der Waals surface area contributed by atoms with Crippen molar-refractivity contribution in [3.8, 4) is 0 Å². The molecule has 104 valence electrons. The molecule has 3 aromatic rings. The second-order valence-electron chi connectivity index (χ2n) is 5.12. The summed E-state index contributed by atoms with van der Waals surface area (Å²) in [5.41, 5.74) is 3.05. The summed E-state index contributed by atoms with van der Waals surface area (Å²) in [7, 11) is 0. The molecule has 0 aromatic carbocycles. The van der Waals surface area contributed by atoms with Gasteiger partial charge in [0.2, 0.25) is 5.95 Å². The van der Waals surface area contributed by atoms with Gasteiger partial charge in [-0.2, -0.15) is 5.10 Å². The summed E-state index contributed by atoms with van der Waals surface area (Å²) in [5.74, 6) is 0.747. The first-order chi connectivity index (χ1) is 9.65.